The van der Waals surface area contributed by atoms with Gasteiger partial charge in [-0.05, 0) is 91.5 Å². The molecule has 0 saturated heterocycles. The smallest absolute Gasteiger partial charge is 0.223 e. The summed E-state index contributed by atoms with van der Waals surface area (Å²) in [6.07, 6.45) is 0. The summed E-state index contributed by atoms with van der Waals surface area (Å²) < 4.78 is 30.8. The lowest BCUT2D eigenvalue weighted by Crippen LogP contribution is -2.33. The molecular formula is C33H20Br2F2N4. The third kappa shape index (κ3) is 5.09. The quantitative estimate of drug-likeness (QED) is 0.166. The molecule has 0 aliphatic rings. The second-order valence-corrected chi connectivity index (χ2v) is 10.9. The number of rotatable bonds is 6. The van der Waals surface area contributed by atoms with E-state index in [1.165, 1.54) is 0 Å². The summed E-state index contributed by atoms with van der Waals surface area (Å²) in [6.45, 7) is 0. The summed E-state index contributed by atoms with van der Waals surface area (Å²) in [7, 11) is 0. The minimum Gasteiger partial charge on any atom is -0.251 e. The monoisotopic (exact) mass is 668 g/mol. The van der Waals surface area contributed by atoms with Gasteiger partial charge in [-0.3, -0.25) is 9.97 Å². The van der Waals surface area contributed by atoms with Crippen LogP contribution in [0.1, 0.15) is 22.5 Å². The van der Waals surface area contributed by atoms with Gasteiger partial charge in [0.15, 0.2) is 0 Å². The van der Waals surface area contributed by atoms with E-state index >= 15 is 8.78 Å². The molecule has 8 heteroatoms. The molecule has 6 rings (SSSR count). The molecule has 0 bridgehead atoms. The Kier molecular flexibility index (Phi) is 7.51. The van der Waals surface area contributed by atoms with E-state index in [0.717, 1.165) is 11.1 Å². The van der Waals surface area contributed by atoms with Gasteiger partial charge in [-0.1, -0.05) is 72.8 Å². The fourth-order valence-electron chi connectivity index (χ4n) is 5.06. The average Bonchev–Trinajstić information content (AvgIpc) is 2.99. The second kappa shape index (κ2) is 11.4. The number of nitrogens with zero attached hydrogens (tertiary/aromatic N) is 4. The van der Waals surface area contributed by atoms with Crippen molar-refractivity contribution in [1.82, 2.24) is 19.9 Å². The molecule has 200 valence electrons. The van der Waals surface area contributed by atoms with E-state index in [-0.39, 0.29) is 11.1 Å². The number of halogens is 4. The third-order valence-corrected chi connectivity index (χ3v) is 7.74. The van der Waals surface area contributed by atoms with Gasteiger partial charge in [-0.2, -0.15) is 8.78 Å². The summed E-state index contributed by atoms with van der Waals surface area (Å²) >= 11 is 6.46. The van der Waals surface area contributed by atoms with Crippen LogP contribution in [-0.2, 0) is 5.41 Å². The Morgan fingerprint density at radius 2 is 0.854 bits per heavy atom. The van der Waals surface area contributed by atoms with E-state index in [0.29, 0.717) is 32.0 Å². The standard InChI is InChI=1S/C33H20Br2F2N4/c34-29-19-17-23(31(36)40-29)25-13-7-15-27(38-25)33(21-9-3-1-4-10-21,22-11-5-2-6-12-22)28-16-8-14-26(39-28)24-18-20-30(35)41-32(24)37/h1-20H. The summed E-state index contributed by atoms with van der Waals surface area (Å²) in [5, 5.41) is 0. The molecular weight excluding hydrogens is 650 g/mol. The highest BCUT2D eigenvalue weighted by molar-refractivity contribution is 9.10. The molecule has 0 unspecified atom stereocenters. The van der Waals surface area contributed by atoms with Gasteiger partial charge in [0.2, 0.25) is 11.9 Å². The lowest BCUT2D eigenvalue weighted by Gasteiger charge is -2.35. The van der Waals surface area contributed by atoms with E-state index < -0.39 is 17.3 Å². The number of benzene rings is 2. The summed E-state index contributed by atoms with van der Waals surface area (Å²) in [4.78, 5) is 17.9. The second-order valence-electron chi connectivity index (χ2n) is 9.24. The van der Waals surface area contributed by atoms with E-state index in [4.69, 9.17) is 9.97 Å². The maximum absolute atomic E-state index is 15.0. The summed E-state index contributed by atoms with van der Waals surface area (Å²) in [5.41, 5.74) is 3.39. The zero-order valence-corrected chi connectivity index (χ0v) is 24.5. The molecule has 0 N–H and O–H groups in total. The highest BCUT2D eigenvalue weighted by Gasteiger charge is 2.41. The van der Waals surface area contributed by atoms with Crippen LogP contribution in [-0.4, -0.2) is 19.9 Å². The molecule has 4 heterocycles. The van der Waals surface area contributed by atoms with Crippen LogP contribution in [0.2, 0.25) is 0 Å². The van der Waals surface area contributed by atoms with Crippen molar-refractivity contribution in [2.75, 3.05) is 0 Å². The van der Waals surface area contributed by atoms with Crippen molar-refractivity contribution in [3.63, 3.8) is 0 Å². The van der Waals surface area contributed by atoms with Gasteiger partial charge in [0.25, 0.3) is 0 Å². The number of pyridine rings is 4. The Morgan fingerprint density at radius 3 is 1.24 bits per heavy atom. The maximum Gasteiger partial charge on any atom is 0.223 e. The zero-order chi connectivity index (χ0) is 28.4. The lowest BCUT2D eigenvalue weighted by molar-refractivity contribution is 0.584. The molecule has 4 nitrogen and oxygen atoms in total. The van der Waals surface area contributed by atoms with Crippen molar-refractivity contribution in [2.24, 2.45) is 0 Å². The van der Waals surface area contributed by atoms with Gasteiger partial charge < -0.3 is 0 Å². The summed E-state index contributed by atoms with van der Waals surface area (Å²) in [5.74, 6) is -1.26. The Bertz CT molecular complexity index is 1710. The largest absolute Gasteiger partial charge is 0.251 e. The highest BCUT2D eigenvalue weighted by atomic mass is 79.9. The first-order valence-electron chi connectivity index (χ1n) is 12.7. The van der Waals surface area contributed by atoms with Gasteiger partial charge in [0.05, 0.1) is 33.9 Å². The normalized spacial score (nSPS) is 11.4. The van der Waals surface area contributed by atoms with Crippen molar-refractivity contribution in [2.45, 2.75) is 5.41 Å². The van der Waals surface area contributed by atoms with Crippen molar-refractivity contribution in [1.29, 1.82) is 0 Å². The van der Waals surface area contributed by atoms with Crippen LogP contribution in [0, 0.1) is 11.9 Å². The Hall–Kier alpha value is -4.14. The molecule has 0 spiro atoms. The van der Waals surface area contributed by atoms with Crippen LogP contribution in [0.4, 0.5) is 8.78 Å². The molecule has 2 aromatic carbocycles. The number of hydrogen-bond acceptors (Lipinski definition) is 4. The fourth-order valence-corrected chi connectivity index (χ4v) is 5.63. The van der Waals surface area contributed by atoms with Gasteiger partial charge in [0.1, 0.15) is 14.6 Å². The van der Waals surface area contributed by atoms with Crippen molar-refractivity contribution in [3.05, 3.63) is 165 Å². The third-order valence-electron chi connectivity index (χ3n) is 6.86. The van der Waals surface area contributed by atoms with Crippen LogP contribution >= 0.6 is 31.9 Å². The SMILES string of the molecule is Fc1nc(Br)ccc1-c1cccc(C(c2ccccc2)(c2ccccc2)c2cccc(-c3ccc(Br)nc3F)n2)n1. The highest BCUT2D eigenvalue weighted by Crippen LogP contribution is 2.44. The molecule has 0 saturated carbocycles. The first kappa shape index (κ1) is 27.1. The number of aromatic nitrogens is 4. The number of hydrogen-bond donors (Lipinski definition) is 0. The van der Waals surface area contributed by atoms with Gasteiger partial charge in [-0.25, -0.2) is 9.97 Å². The Labute approximate surface area is 252 Å². The molecule has 0 aliphatic carbocycles. The zero-order valence-electron chi connectivity index (χ0n) is 21.3. The minimum absolute atomic E-state index is 0.273. The van der Waals surface area contributed by atoms with Gasteiger partial charge >= 0.3 is 0 Å². The molecule has 41 heavy (non-hydrogen) atoms. The molecule has 6 aromatic rings. The van der Waals surface area contributed by atoms with Crippen molar-refractivity contribution < 1.29 is 8.78 Å². The Balaban J connectivity index is 1.67. The van der Waals surface area contributed by atoms with Crippen LogP contribution in [0.15, 0.2) is 131 Å². The minimum atomic E-state index is -1.03. The summed E-state index contributed by atoms with van der Waals surface area (Å²) in [6, 6.07) is 37.4. The van der Waals surface area contributed by atoms with Crippen LogP contribution in [0.5, 0.6) is 0 Å². The molecule has 0 fully saturated rings. The molecule has 0 amide bonds. The van der Waals surface area contributed by atoms with Crippen molar-refractivity contribution in [3.8, 4) is 22.5 Å². The van der Waals surface area contributed by atoms with Crippen molar-refractivity contribution >= 4 is 31.9 Å². The molecule has 4 aromatic heterocycles. The van der Waals surface area contributed by atoms with Crippen LogP contribution in [0.25, 0.3) is 22.5 Å². The Morgan fingerprint density at radius 1 is 0.439 bits per heavy atom. The van der Waals surface area contributed by atoms with Crippen LogP contribution in [0.3, 0.4) is 0 Å². The predicted octanol–water partition coefficient (Wildman–Crippen LogP) is 8.79. The molecule has 0 atom stereocenters. The van der Waals surface area contributed by atoms with E-state index in [2.05, 4.69) is 41.8 Å². The van der Waals surface area contributed by atoms with E-state index in [1.807, 2.05) is 84.9 Å². The van der Waals surface area contributed by atoms with Gasteiger partial charge in [-0.15, -0.1) is 0 Å². The van der Waals surface area contributed by atoms with Crippen LogP contribution < -0.4 is 0 Å². The van der Waals surface area contributed by atoms with E-state index in [9.17, 15) is 0 Å². The van der Waals surface area contributed by atoms with Gasteiger partial charge in [0, 0.05) is 0 Å². The first-order chi connectivity index (χ1) is 20.0. The lowest BCUT2D eigenvalue weighted by atomic mass is 9.69. The fraction of sp³-hybridized carbons (Fsp3) is 0.0303. The van der Waals surface area contributed by atoms with E-state index in [1.54, 1.807) is 36.4 Å². The topological polar surface area (TPSA) is 51.6 Å². The maximum atomic E-state index is 15.0. The first-order valence-corrected chi connectivity index (χ1v) is 14.3. The average molecular weight is 670 g/mol. The molecule has 0 radical (unpaired) electrons. The molecule has 0 aliphatic heterocycles. The predicted molar refractivity (Wildman–Crippen MR) is 162 cm³/mol.